The van der Waals surface area contributed by atoms with Crippen LogP contribution in [0.15, 0.2) is 11.1 Å². The first kappa shape index (κ1) is 21.9. The van der Waals surface area contributed by atoms with Crippen LogP contribution in [0.2, 0.25) is 0 Å². The van der Waals surface area contributed by atoms with Crippen molar-refractivity contribution >= 4 is 0 Å². The van der Waals surface area contributed by atoms with Gasteiger partial charge in [0.1, 0.15) is 0 Å². The highest BCUT2D eigenvalue weighted by molar-refractivity contribution is 5.39. The fraction of sp³-hybridized carbons (Fsp3) is 0.926. The molecule has 0 aromatic carbocycles. The number of fused-ring (bicyclic) bond motifs is 4. The van der Waals surface area contributed by atoms with Crippen LogP contribution in [-0.2, 0) is 0 Å². The zero-order valence-electron chi connectivity index (χ0n) is 20.1. The van der Waals surface area contributed by atoms with Crippen molar-refractivity contribution in [2.45, 2.75) is 129 Å². The Morgan fingerprint density at radius 1 is 0.897 bits per heavy atom. The topological polar surface area (TPSA) is 52.0 Å². The minimum Gasteiger partial charge on any atom is -0.324 e. The van der Waals surface area contributed by atoms with Gasteiger partial charge in [0.25, 0.3) is 0 Å². The van der Waals surface area contributed by atoms with Crippen LogP contribution in [0.1, 0.15) is 118 Å². The normalized spacial score (nSPS) is 45.7. The molecule has 0 heterocycles. The molecule has 2 fully saturated rings. The maximum Gasteiger partial charge on any atom is 0.0249 e. The summed E-state index contributed by atoms with van der Waals surface area (Å²) in [6, 6.07) is 0. The molecule has 3 unspecified atom stereocenters. The highest BCUT2D eigenvalue weighted by Crippen LogP contribution is 2.66. The van der Waals surface area contributed by atoms with Gasteiger partial charge in [-0.25, -0.2) is 0 Å². The van der Waals surface area contributed by atoms with E-state index in [1.54, 1.807) is 5.57 Å². The molecule has 2 heteroatoms. The molecule has 2 saturated carbocycles. The van der Waals surface area contributed by atoms with Gasteiger partial charge in [-0.15, -0.1) is 0 Å². The van der Waals surface area contributed by atoms with E-state index < -0.39 is 0 Å². The molecule has 29 heavy (non-hydrogen) atoms. The van der Waals surface area contributed by atoms with E-state index in [2.05, 4.69) is 34.6 Å². The zero-order valence-corrected chi connectivity index (χ0v) is 20.1. The Kier molecular flexibility index (Phi) is 5.56. The van der Waals surface area contributed by atoms with Crippen molar-refractivity contribution in [1.82, 2.24) is 0 Å². The van der Waals surface area contributed by atoms with Gasteiger partial charge >= 0.3 is 0 Å². The van der Waals surface area contributed by atoms with Crippen molar-refractivity contribution in [2.24, 2.45) is 40.1 Å². The van der Waals surface area contributed by atoms with E-state index >= 15 is 0 Å². The van der Waals surface area contributed by atoms with Crippen LogP contribution in [0.25, 0.3) is 0 Å². The standard InChI is InChI=1S/C27H48N2/c1-19(2)9-8-10-20(3)27(29)18-13-23-21-11-17-26(28)15-7-6-14-24(26,4)22(21)12-16-25(23,27)5/h19-20,23H,6-18,28-29H2,1-5H3/t20-,23?,24?,25?,26+,27+/m1/s1. The Hall–Kier alpha value is -0.340. The molecule has 0 saturated heterocycles. The summed E-state index contributed by atoms with van der Waals surface area (Å²) in [6.45, 7) is 12.3. The minimum atomic E-state index is 0.0118. The van der Waals surface area contributed by atoms with Crippen molar-refractivity contribution in [1.29, 1.82) is 0 Å². The lowest BCUT2D eigenvalue weighted by atomic mass is 9.47. The summed E-state index contributed by atoms with van der Waals surface area (Å²) in [5.74, 6) is 2.15. The summed E-state index contributed by atoms with van der Waals surface area (Å²) in [7, 11) is 0. The summed E-state index contributed by atoms with van der Waals surface area (Å²) < 4.78 is 0. The molecule has 4 N–H and O–H groups in total. The number of hydrogen-bond donors (Lipinski definition) is 2. The first-order valence-electron chi connectivity index (χ1n) is 12.9. The Bertz CT molecular complexity index is 665. The first-order chi connectivity index (χ1) is 13.6. The molecule has 0 aliphatic heterocycles. The SMILES string of the molecule is CC(C)CCC[C@@H](C)[C@@]1(N)CCC2C3=C(CCC21C)C1(C)CCCC[C@]1(N)CC3. The van der Waals surface area contributed by atoms with Crippen molar-refractivity contribution in [3.63, 3.8) is 0 Å². The molecule has 0 radical (unpaired) electrons. The summed E-state index contributed by atoms with van der Waals surface area (Å²) in [4.78, 5) is 0. The zero-order chi connectivity index (χ0) is 21.1. The predicted octanol–water partition coefficient (Wildman–Crippen LogP) is 6.72. The molecule has 0 aromatic rings. The number of nitrogens with two attached hydrogens (primary N) is 2. The quantitative estimate of drug-likeness (QED) is 0.503. The fourth-order valence-electron chi connectivity index (χ4n) is 8.54. The minimum absolute atomic E-state index is 0.0118. The van der Waals surface area contributed by atoms with Crippen molar-refractivity contribution < 1.29 is 0 Å². The fourth-order valence-corrected chi connectivity index (χ4v) is 8.54. The van der Waals surface area contributed by atoms with Gasteiger partial charge in [-0.05, 0) is 81.0 Å². The number of allylic oxidation sites excluding steroid dienone is 1. The van der Waals surface area contributed by atoms with Gasteiger partial charge in [0.05, 0.1) is 0 Å². The van der Waals surface area contributed by atoms with E-state index in [0.717, 1.165) is 5.92 Å². The third kappa shape index (κ3) is 3.10. The van der Waals surface area contributed by atoms with Gasteiger partial charge < -0.3 is 11.5 Å². The van der Waals surface area contributed by atoms with E-state index in [-0.39, 0.29) is 21.9 Å². The maximum atomic E-state index is 7.37. The van der Waals surface area contributed by atoms with Gasteiger partial charge in [-0.1, -0.05) is 71.4 Å². The van der Waals surface area contributed by atoms with Gasteiger partial charge in [0, 0.05) is 16.5 Å². The van der Waals surface area contributed by atoms with Crippen molar-refractivity contribution in [2.75, 3.05) is 0 Å². The van der Waals surface area contributed by atoms with E-state index in [1.807, 2.05) is 5.57 Å². The Morgan fingerprint density at radius 3 is 2.34 bits per heavy atom. The Balaban J connectivity index is 1.61. The molecule has 6 atom stereocenters. The molecule has 166 valence electrons. The second kappa shape index (κ2) is 7.37. The van der Waals surface area contributed by atoms with Crippen LogP contribution in [-0.4, -0.2) is 11.1 Å². The average Bonchev–Trinajstić information content (AvgIpc) is 2.94. The third-order valence-electron chi connectivity index (χ3n) is 10.8. The number of hydrogen-bond acceptors (Lipinski definition) is 2. The van der Waals surface area contributed by atoms with Gasteiger partial charge in [0.15, 0.2) is 0 Å². The molecular formula is C27H48N2. The van der Waals surface area contributed by atoms with Crippen LogP contribution in [0.5, 0.6) is 0 Å². The second-order valence-corrected chi connectivity index (χ2v) is 12.5. The van der Waals surface area contributed by atoms with E-state index in [9.17, 15) is 0 Å². The molecule has 4 rings (SSSR count). The van der Waals surface area contributed by atoms with Gasteiger partial charge in [-0.3, -0.25) is 0 Å². The molecule has 0 spiro atoms. The van der Waals surface area contributed by atoms with Crippen LogP contribution < -0.4 is 11.5 Å². The lowest BCUT2D eigenvalue weighted by Crippen LogP contribution is -2.62. The molecule has 0 amide bonds. The predicted molar refractivity (Wildman–Crippen MR) is 125 cm³/mol. The molecule has 0 aromatic heterocycles. The van der Waals surface area contributed by atoms with Gasteiger partial charge in [-0.2, -0.15) is 0 Å². The smallest absolute Gasteiger partial charge is 0.0249 e. The monoisotopic (exact) mass is 400 g/mol. The molecule has 2 nitrogen and oxygen atoms in total. The molecule has 0 bridgehead atoms. The summed E-state index contributed by atoms with van der Waals surface area (Å²) in [5.41, 5.74) is 18.7. The highest BCUT2D eigenvalue weighted by atomic mass is 14.9. The van der Waals surface area contributed by atoms with Gasteiger partial charge in [0.2, 0.25) is 0 Å². The molecular weight excluding hydrogens is 352 g/mol. The van der Waals surface area contributed by atoms with E-state index in [1.165, 1.54) is 83.5 Å². The lowest BCUT2D eigenvalue weighted by Gasteiger charge is -2.60. The van der Waals surface area contributed by atoms with E-state index in [0.29, 0.717) is 11.8 Å². The highest BCUT2D eigenvalue weighted by Gasteiger charge is 2.62. The Labute approximate surface area is 180 Å². The largest absolute Gasteiger partial charge is 0.324 e. The van der Waals surface area contributed by atoms with Crippen LogP contribution in [0, 0.1) is 28.6 Å². The molecule has 4 aliphatic rings. The van der Waals surface area contributed by atoms with Crippen LogP contribution >= 0.6 is 0 Å². The second-order valence-electron chi connectivity index (χ2n) is 12.5. The van der Waals surface area contributed by atoms with Crippen molar-refractivity contribution in [3.8, 4) is 0 Å². The lowest BCUT2D eigenvalue weighted by molar-refractivity contribution is 0.0363. The van der Waals surface area contributed by atoms with Crippen LogP contribution in [0.4, 0.5) is 0 Å². The summed E-state index contributed by atoms with van der Waals surface area (Å²) in [5, 5.41) is 0. The average molecular weight is 401 g/mol. The van der Waals surface area contributed by atoms with Crippen LogP contribution in [0.3, 0.4) is 0 Å². The first-order valence-corrected chi connectivity index (χ1v) is 12.9. The van der Waals surface area contributed by atoms with E-state index in [4.69, 9.17) is 11.5 Å². The number of rotatable bonds is 5. The molecule has 4 aliphatic carbocycles. The third-order valence-corrected chi connectivity index (χ3v) is 10.8. The summed E-state index contributed by atoms with van der Waals surface area (Å²) in [6.07, 6.45) is 16.7. The maximum absolute atomic E-state index is 7.37. The Morgan fingerprint density at radius 2 is 1.62 bits per heavy atom. The summed E-state index contributed by atoms with van der Waals surface area (Å²) >= 11 is 0. The van der Waals surface area contributed by atoms with Crippen molar-refractivity contribution in [3.05, 3.63) is 11.1 Å².